The van der Waals surface area contributed by atoms with Crippen LogP contribution in [-0.2, 0) is 29.1 Å². The molecule has 1 saturated heterocycles. The molecule has 1 fully saturated rings. The Labute approximate surface area is 111 Å². The van der Waals surface area contributed by atoms with Crippen molar-refractivity contribution in [3.63, 3.8) is 0 Å². The Hall–Kier alpha value is -1.48. The Morgan fingerprint density at radius 2 is 2.00 bits per heavy atom. The number of nitrogens with zero attached hydrogens (tertiary/aromatic N) is 1. The minimum atomic E-state index is -4.10. The van der Waals surface area contributed by atoms with Crippen LogP contribution in [-0.4, -0.2) is 55.0 Å². The summed E-state index contributed by atoms with van der Waals surface area (Å²) < 4.78 is 29.4. The van der Waals surface area contributed by atoms with E-state index in [-0.39, 0.29) is 6.61 Å². The highest BCUT2D eigenvalue weighted by atomic mass is 32.2. The monoisotopic (exact) mass is 292 g/mol. The van der Waals surface area contributed by atoms with Gasteiger partial charge in [0, 0.05) is 0 Å². The van der Waals surface area contributed by atoms with Crippen LogP contribution in [0.5, 0.6) is 0 Å². The molecule has 9 heteroatoms. The summed E-state index contributed by atoms with van der Waals surface area (Å²) in [7, 11) is -4.10. The molecule has 1 N–H and O–H groups in total. The van der Waals surface area contributed by atoms with Gasteiger partial charge in [-0.05, 0) is 20.8 Å². The first kappa shape index (κ1) is 15.6. The van der Waals surface area contributed by atoms with E-state index in [9.17, 15) is 22.8 Å². The summed E-state index contributed by atoms with van der Waals surface area (Å²) in [6.45, 7) is 3.82. The number of esters is 1. The van der Waals surface area contributed by atoms with Crippen LogP contribution in [0.4, 0.5) is 0 Å². The number of imide groups is 1. The molecule has 0 spiro atoms. The van der Waals surface area contributed by atoms with Crippen LogP contribution in [0.3, 0.4) is 0 Å². The molecule has 0 aromatic rings. The first-order chi connectivity index (χ1) is 8.61. The Bertz CT molecular complexity index is 510. The maximum absolute atomic E-state index is 12.1. The third kappa shape index (κ3) is 3.29. The SMILES string of the molecule is CCOC(=O)CS(=O)(=O)N1CC(=O)NC(=O)C1(C)C. The summed E-state index contributed by atoms with van der Waals surface area (Å²) in [6.07, 6.45) is 0. The number of hydrogen-bond acceptors (Lipinski definition) is 6. The highest BCUT2D eigenvalue weighted by molar-refractivity contribution is 7.89. The third-order valence-electron chi connectivity index (χ3n) is 2.66. The lowest BCUT2D eigenvalue weighted by molar-refractivity contribution is -0.143. The molecule has 108 valence electrons. The summed E-state index contributed by atoms with van der Waals surface area (Å²) in [6, 6.07) is 0. The molecule has 1 heterocycles. The molecule has 0 aliphatic carbocycles. The van der Waals surface area contributed by atoms with Gasteiger partial charge in [0.15, 0.2) is 5.75 Å². The fraction of sp³-hybridized carbons (Fsp3) is 0.700. The van der Waals surface area contributed by atoms with Crippen molar-refractivity contribution in [3.8, 4) is 0 Å². The Morgan fingerprint density at radius 3 is 2.53 bits per heavy atom. The number of hydrogen-bond donors (Lipinski definition) is 1. The number of carbonyl (C=O) groups is 3. The maximum Gasteiger partial charge on any atom is 0.322 e. The van der Waals surface area contributed by atoms with Crippen LogP contribution < -0.4 is 5.32 Å². The van der Waals surface area contributed by atoms with Crippen LogP contribution in [0.15, 0.2) is 0 Å². The smallest absolute Gasteiger partial charge is 0.322 e. The summed E-state index contributed by atoms with van der Waals surface area (Å²) >= 11 is 0. The number of nitrogens with one attached hydrogen (secondary N) is 1. The van der Waals surface area contributed by atoms with E-state index in [0.717, 1.165) is 4.31 Å². The summed E-state index contributed by atoms with van der Waals surface area (Å²) in [5.74, 6) is -3.27. The third-order valence-corrected chi connectivity index (χ3v) is 4.52. The van der Waals surface area contributed by atoms with Crippen molar-refractivity contribution < 1.29 is 27.5 Å². The van der Waals surface area contributed by atoms with E-state index < -0.39 is 45.6 Å². The maximum atomic E-state index is 12.1. The van der Waals surface area contributed by atoms with Gasteiger partial charge in [-0.3, -0.25) is 19.7 Å². The van der Waals surface area contributed by atoms with E-state index in [1.165, 1.54) is 13.8 Å². The van der Waals surface area contributed by atoms with Gasteiger partial charge >= 0.3 is 5.97 Å². The summed E-state index contributed by atoms with van der Waals surface area (Å²) in [5.41, 5.74) is -1.43. The van der Waals surface area contributed by atoms with Gasteiger partial charge in [-0.1, -0.05) is 0 Å². The zero-order valence-electron chi connectivity index (χ0n) is 10.9. The molecule has 1 aliphatic heterocycles. The zero-order chi connectivity index (χ0) is 14.8. The van der Waals surface area contributed by atoms with Crippen molar-refractivity contribution in [2.45, 2.75) is 26.3 Å². The van der Waals surface area contributed by atoms with Crippen molar-refractivity contribution in [1.82, 2.24) is 9.62 Å². The normalized spacial score (nSPS) is 19.9. The van der Waals surface area contributed by atoms with Gasteiger partial charge in [0.05, 0.1) is 13.2 Å². The van der Waals surface area contributed by atoms with Crippen molar-refractivity contribution in [2.24, 2.45) is 0 Å². The Balaban J connectivity index is 3.01. The van der Waals surface area contributed by atoms with Gasteiger partial charge < -0.3 is 4.74 Å². The molecule has 0 bridgehead atoms. The van der Waals surface area contributed by atoms with Crippen LogP contribution in [0.1, 0.15) is 20.8 Å². The van der Waals surface area contributed by atoms with E-state index >= 15 is 0 Å². The lowest BCUT2D eigenvalue weighted by Gasteiger charge is -2.38. The molecule has 0 unspecified atom stereocenters. The number of sulfonamides is 1. The number of carbonyl (C=O) groups excluding carboxylic acids is 3. The summed E-state index contributed by atoms with van der Waals surface area (Å²) in [5, 5.41) is 2.05. The van der Waals surface area contributed by atoms with Crippen molar-refractivity contribution >= 4 is 27.8 Å². The molecular weight excluding hydrogens is 276 g/mol. The fourth-order valence-electron chi connectivity index (χ4n) is 1.64. The molecule has 8 nitrogen and oxygen atoms in total. The van der Waals surface area contributed by atoms with Gasteiger partial charge in [-0.2, -0.15) is 4.31 Å². The molecule has 0 aromatic carbocycles. The number of rotatable bonds is 4. The van der Waals surface area contributed by atoms with Gasteiger partial charge in [-0.25, -0.2) is 8.42 Å². The van der Waals surface area contributed by atoms with Gasteiger partial charge in [0.1, 0.15) is 5.54 Å². The molecule has 0 aromatic heterocycles. The number of piperazine rings is 1. The molecule has 1 rings (SSSR count). The lowest BCUT2D eigenvalue weighted by atomic mass is 10.0. The second-order valence-electron chi connectivity index (χ2n) is 4.50. The van der Waals surface area contributed by atoms with Crippen molar-refractivity contribution in [1.29, 1.82) is 0 Å². The number of amides is 2. The van der Waals surface area contributed by atoms with Crippen LogP contribution in [0, 0.1) is 0 Å². The first-order valence-electron chi connectivity index (χ1n) is 5.61. The minimum absolute atomic E-state index is 0.0527. The quantitative estimate of drug-likeness (QED) is 0.505. The van der Waals surface area contributed by atoms with Gasteiger partial charge in [0.25, 0.3) is 0 Å². The predicted molar refractivity (Wildman–Crippen MR) is 64.4 cm³/mol. The topological polar surface area (TPSA) is 110 Å². The van der Waals surface area contributed by atoms with E-state index in [2.05, 4.69) is 4.74 Å². The molecular formula is C10H16N2O6S. The second-order valence-corrected chi connectivity index (χ2v) is 6.40. The lowest BCUT2D eigenvalue weighted by Crippen LogP contribution is -2.65. The van der Waals surface area contributed by atoms with E-state index in [0.29, 0.717) is 0 Å². The average Bonchev–Trinajstić information content (AvgIpc) is 2.23. The van der Waals surface area contributed by atoms with E-state index in [4.69, 9.17) is 0 Å². The summed E-state index contributed by atoms with van der Waals surface area (Å²) in [4.78, 5) is 34.2. The largest absolute Gasteiger partial charge is 0.465 e. The minimum Gasteiger partial charge on any atom is -0.465 e. The van der Waals surface area contributed by atoms with Gasteiger partial charge in [0.2, 0.25) is 21.8 Å². The van der Waals surface area contributed by atoms with Crippen molar-refractivity contribution in [2.75, 3.05) is 18.9 Å². The standard InChI is InChI=1S/C10H16N2O6S/c1-4-18-8(14)6-19(16,17)12-5-7(13)11-9(15)10(12,2)3/h4-6H2,1-3H3,(H,11,13,15). The highest BCUT2D eigenvalue weighted by Crippen LogP contribution is 2.22. The molecule has 0 radical (unpaired) electrons. The highest BCUT2D eigenvalue weighted by Gasteiger charge is 2.47. The van der Waals surface area contributed by atoms with Crippen LogP contribution in [0.25, 0.3) is 0 Å². The fourth-order valence-corrected chi connectivity index (χ4v) is 3.27. The molecule has 0 atom stereocenters. The average molecular weight is 292 g/mol. The first-order valence-corrected chi connectivity index (χ1v) is 7.22. The number of ether oxygens (including phenoxy) is 1. The molecule has 1 aliphatic rings. The molecule has 0 saturated carbocycles. The van der Waals surface area contributed by atoms with E-state index in [1.807, 2.05) is 5.32 Å². The van der Waals surface area contributed by atoms with Crippen LogP contribution in [0.2, 0.25) is 0 Å². The van der Waals surface area contributed by atoms with E-state index in [1.54, 1.807) is 6.92 Å². The predicted octanol–water partition coefficient (Wildman–Crippen LogP) is -1.38. The zero-order valence-corrected chi connectivity index (χ0v) is 11.7. The van der Waals surface area contributed by atoms with Crippen LogP contribution >= 0.6 is 0 Å². The Kier molecular flexibility index (Phi) is 4.31. The Morgan fingerprint density at radius 1 is 1.42 bits per heavy atom. The molecule has 2 amide bonds. The van der Waals surface area contributed by atoms with Gasteiger partial charge in [-0.15, -0.1) is 0 Å². The van der Waals surface area contributed by atoms with Crippen molar-refractivity contribution in [3.05, 3.63) is 0 Å². The molecule has 19 heavy (non-hydrogen) atoms. The second kappa shape index (κ2) is 5.25.